The summed E-state index contributed by atoms with van der Waals surface area (Å²) < 4.78 is 0. The van der Waals surface area contributed by atoms with Crippen LogP contribution in [-0.2, 0) is 6.54 Å². The minimum atomic E-state index is -0.160. The molecule has 1 atom stereocenters. The van der Waals surface area contributed by atoms with Crippen LogP contribution in [0.1, 0.15) is 25.3 Å². The van der Waals surface area contributed by atoms with E-state index < -0.39 is 0 Å². The molecule has 1 heterocycles. The molecule has 0 saturated carbocycles. The summed E-state index contributed by atoms with van der Waals surface area (Å²) >= 11 is 0. The minimum Gasteiger partial charge on any atom is -0.362 e. The number of pyridine rings is 1. The van der Waals surface area contributed by atoms with Gasteiger partial charge >= 0.3 is 6.03 Å². The summed E-state index contributed by atoms with van der Waals surface area (Å²) in [6.45, 7) is 6.19. The number of amides is 2. The molecule has 0 fully saturated rings. The van der Waals surface area contributed by atoms with E-state index in [9.17, 15) is 4.79 Å². The molecule has 0 bridgehead atoms. The third-order valence-corrected chi connectivity index (χ3v) is 3.01. The maximum Gasteiger partial charge on any atom is 0.315 e. The van der Waals surface area contributed by atoms with Gasteiger partial charge in [-0.1, -0.05) is 19.1 Å². The molecule has 0 radical (unpaired) electrons. The van der Waals surface area contributed by atoms with E-state index >= 15 is 0 Å². The zero-order valence-electron chi connectivity index (χ0n) is 12.5. The Morgan fingerprint density at radius 1 is 1.55 bits per heavy atom. The largest absolute Gasteiger partial charge is 0.362 e. The fourth-order valence-corrected chi connectivity index (χ4v) is 1.91. The van der Waals surface area contributed by atoms with E-state index in [1.54, 1.807) is 6.20 Å². The Kier molecular flexibility index (Phi) is 6.56. The number of hydrogen-bond acceptors (Lipinski definition) is 3. The van der Waals surface area contributed by atoms with Gasteiger partial charge in [0.2, 0.25) is 0 Å². The molecule has 2 N–H and O–H groups in total. The molecule has 0 aliphatic carbocycles. The van der Waals surface area contributed by atoms with E-state index in [-0.39, 0.29) is 12.1 Å². The molecule has 0 spiro atoms. The monoisotopic (exact) mass is 276 g/mol. The normalized spacial score (nSPS) is 11.6. The smallest absolute Gasteiger partial charge is 0.315 e. The van der Waals surface area contributed by atoms with Crippen molar-refractivity contribution >= 4 is 11.8 Å². The van der Waals surface area contributed by atoms with E-state index in [2.05, 4.69) is 22.2 Å². The van der Waals surface area contributed by atoms with Gasteiger partial charge in [0.05, 0.1) is 0 Å². The molecule has 1 aromatic heterocycles. The highest BCUT2D eigenvalue weighted by Crippen LogP contribution is 2.13. The first kappa shape index (κ1) is 16.0. The molecule has 0 aliphatic rings. The standard InChI is InChI=1S/C15H24N4O/c1-5-8-13(6-2)18-15(20)17-11-12-9-7-10-16-14(12)19(3)4/h5,7,9-10,13H,1,6,8,11H2,2-4H3,(H2,17,18,20)/t13-/m1/s1. The summed E-state index contributed by atoms with van der Waals surface area (Å²) in [6, 6.07) is 3.81. The Morgan fingerprint density at radius 3 is 2.90 bits per heavy atom. The van der Waals surface area contributed by atoms with Crippen molar-refractivity contribution in [2.45, 2.75) is 32.4 Å². The summed E-state index contributed by atoms with van der Waals surface area (Å²) in [6.07, 6.45) is 5.23. The second-order valence-electron chi connectivity index (χ2n) is 4.84. The van der Waals surface area contributed by atoms with Gasteiger partial charge in [0, 0.05) is 38.4 Å². The van der Waals surface area contributed by atoms with E-state index in [1.165, 1.54) is 0 Å². The van der Waals surface area contributed by atoms with Crippen molar-refractivity contribution in [1.82, 2.24) is 15.6 Å². The van der Waals surface area contributed by atoms with Crippen LogP contribution < -0.4 is 15.5 Å². The van der Waals surface area contributed by atoms with Crippen molar-refractivity contribution in [3.8, 4) is 0 Å². The Morgan fingerprint density at radius 2 is 2.30 bits per heavy atom. The van der Waals surface area contributed by atoms with Gasteiger partial charge in [-0.25, -0.2) is 9.78 Å². The number of aromatic nitrogens is 1. The molecule has 5 heteroatoms. The summed E-state index contributed by atoms with van der Waals surface area (Å²) in [5, 5.41) is 5.80. The van der Waals surface area contributed by atoms with Gasteiger partial charge in [-0.05, 0) is 18.9 Å². The maximum atomic E-state index is 11.9. The number of hydrogen-bond donors (Lipinski definition) is 2. The van der Waals surface area contributed by atoms with Crippen LogP contribution in [0.5, 0.6) is 0 Å². The number of rotatable bonds is 7. The summed E-state index contributed by atoms with van der Waals surface area (Å²) in [5.74, 6) is 0.867. The number of carbonyl (C=O) groups excluding carboxylic acids is 1. The number of nitrogens with one attached hydrogen (secondary N) is 2. The van der Waals surface area contributed by atoms with Crippen LogP contribution in [0.15, 0.2) is 31.0 Å². The lowest BCUT2D eigenvalue weighted by molar-refractivity contribution is 0.236. The van der Waals surface area contributed by atoms with Crippen LogP contribution in [0.4, 0.5) is 10.6 Å². The van der Waals surface area contributed by atoms with Gasteiger partial charge in [-0.2, -0.15) is 0 Å². The number of nitrogens with zero attached hydrogens (tertiary/aromatic N) is 2. The Balaban J connectivity index is 2.54. The third kappa shape index (κ3) is 4.91. The first-order chi connectivity index (χ1) is 9.58. The SMILES string of the molecule is C=CC[C@@H](CC)NC(=O)NCc1cccnc1N(C)C. The van der Waals surface area contributed by atoms with E-state index in [1.807, 2.05) is 44.1 Å². The molecule has 1 rings (SSSR count). The lowest BCUT2D eigenvalue weighted by Crippen LogP contribution is -2.41. The first-order valence-corrected chi connectivity index (χ1v) is 6.85. The van der Waals surface area contributed by atoms with Gasteiger partial charge in [-0.15, -0.1) is 6.58 Å². The molecule has 0 unspecified atom stereocenters. The maximum absolute atomic E-state index is 11.9. The molecular formula is C15H24N4O. The van der Waals surface area contributed by atoms with Crippen molar-refractivity contribution in [1.29, 1.82) is 0 Å². The highest BCUT2D eigenvalue weighted by Gasteiger charge is 2.10. The lowest BCUT2D eigenvalue weighted by Gasteiger charge is -2.18. The quantitative estimate of drug-likeness (QED) is 0.751. The Labute approximate surface area is 121 Å². The van der Waals surface area contributed by atoms with Crippen LogP contribution in [0.25, 0.3) is 0 Å². The van der Waals surface area contributed by atoms with Crippen LogP contribution in [0.3, 0.4) is 0 Å². The van der Waals surface area contributed by atoms with Gasteiger partial charge in [-0.3, -0.25) is 0 Å². The fraction of sp³-hybridized carbons (Fsp3) is 0.467. The van der Waals surface area contributed by atoms with Crippen molar-refractivity contribution in [3.05, 3.63) is 36.5 Å². The molecule has 110 valence electrons. The molecular weight excluding hydrogens is 252 g/mol. The number of carbonyl (C=O) groups is 1. The average molecular weight is 276 g/mol. The molecule has 2 amide bonds. The van der Waals surface area contributed by atoms with Gasteiger partial charge in [0.25, 0.3) is 0 Å². The Hall–Kier alpha value is -2.04. The van der Waals surface area contributed by atoms with Crippen LogP contribution in [-0.4, -0.2) is 31.2 Å². The Bertz CT molecular complexity index is 445. The van der Waals surface area contributed by atoms with E-state index in [0.717, 1.165) is 24.2 Å². The molecule has 0 aliphatic heterocycles. The van der Waals surface area contributed by atoms with Gasteiger partial charge in [0.1, 0.15) is 5.82 Å². The van der Waals surface area contributed by atoms with E-state index in [4.69, 9.17) is 0 Å². The number of urea groups is 1. The second-order valence-corrected chi connectivity index (χ2v) is 4.84. The molecule has 5 nitrogen and oxygen atoms in total. The van der Waals surface area contributed by atoms with Crippen molar-refractivity contribution in [2.75, 3.05) is 19.0 Å². The fourth-order valence-electron chi connectivity index (χ4n) is 1.91. The third-order valence-electron chi connectivity index (χ3n) is 3.01. The highest BCUT2D eigenvalue weighted by atomic mass is 16.2. The zero-order chi connectivity index (χ0) is 15.0. The summed E-state index contributed by atoms with van der Waals surface area (Å²) in [5.41, 5.74) is 0.990. The van der Waals surface area contributed by atoms with Crippen LogP contribution >= 0.6 is 0 Å². The molecule has 20 heavy (non-hydrogen) atoms. The van der Waals surface area contributed by atoms with E-state index in [0.29, 0.717) is 6.54 Å². The number of anilines is 1. The molecule has 0 saturated heterocycles. The minimum absolute atomic E-state index is 0.134. The predicted octanol–water partition coefficient (Wildman–Crippen LogP) is 2.30. The first-order valence-electron chi connectivity index (χ1n) is 6.85. The topological polar surface area (TPSA) is 57.3 Å². The summed E-state index contributed by atoms with van der Waals surface area (Å²) in [7, 11) is 3.87. The van der Waals surface area contributed by atoms with Crippen LogP contribution in [0.2, 0.25) is 0 Å². The van der Waals surface area contributed by atoms with Crippen molar-refractivity contribution in [2.24, 2.45) is 0 Å². The zero-order valence-corrected chi connectivity index (χ0v) is 12.5. The average Bonchev–Trinajstić information content (AvgIpc) is 2.44. The second kappa shape index (κ2) is 8.19. The summed E-state index contributed by atoms with van der Waals surface area (Å²) in [4.78, 5) is 18.1. The van der Waals surface area contributed by atoms with Crippen molar-refractivity contribution < 1.29 is 4.79 Å². The van der Waals surface area contributed by atoms with Crippen molar-refractivity contribution in [3.63, 3.8) is 0 Å². The predicted molar refractivity (Wildman–Crippen MR) is 82.8 cm³/mol. The highest BCUT2D eigenvalue weighted by molar-refractivity contribution is 5.74. The lowest BCUT2D eigenvalue weighted by atomic mass is 10.1. The molecule has 1 aromatic rings. The van der Waals surface area contributed by atoms with Gasteiger partial charge < -0.3 is 15.5 Å². The molecule has 0 aromatic carbocycles. The van der Waals surface area contributed by atoms with Gasteiger partial charge in [0.15, 0.2) is 0 Å². The van der Waals surface area contributed by atoms with Crippen LogP contribution in [0, 0.1) is 0 Å².